The van der Waals surface area contributed by atoms with Crippen LogP contribution in [0, 0.1) is 5.92 Å². The van der Waals surface area contributed by atoms with E-state index in [0.717, 1.165) is 24.8 Å². The quantitative estimate of drug-likeness (QED) is 0.836. The molecule has 1 heterocycles. The molecule has 1 fully saturated rings. The van der Waals surface area contributed by atoms with E-state index in [1.54, 1.807) is 11.3 Å². The SMILES string of the molecule is CCCNC(Cc1cncs1)C1CC1c1ccccc1. The molecule has 1 saturated carbocycles. The number of nitrogens with zero attached hydrogens (tertiary/aromatic N) is 1. The number of hydrogen-bond donors (Lipinski definition) is 1. The molecule has 1 aromatic carbocycles. The Hall–Kier alpha value is -1.19. The third kappa shape index (κ3) is 3.28. The van der Waals surface area contributed by atoms with Gasteiger partial charge in [-0.2, -0.15) is 0 Å². The lowest BCUT2D eigenvalue weighted by atomic mass is 10.0. The Morgan fingerprint density at radius 2 is 2.20 bits per heavy atom. The molecule has 2 aromatic rings. The fourth-order valence-electron chi connectivity index (χ4n) is 3.01. The minimum absolute atomic E-state index is 0.598. The van der Waals surface area contributed by atoms with E-state index in [4.69, 9.17) is 0 Å². The molecule has 0 radical (unpaired) electrons. The number of nitrogens with one attached hydrogen (secondary N) is 1. The predicted octanol–water partition coefficient (Wildman–Crippen LogP) is 3.86. The summed E-state index contributed by atoms with van der Waals surface area (Å²) in [6, 6.07) is 11.6. The summed E-state index contributed by atoms with van der Waals surface area (Å²) < 4.78 is 0. The Bertz CT molecular complexity index is 509. The molecule has 0 amide bonds. The largest absolute Gasteiger partial charge is 0.313 e. The average Bonchev–Trinajstić information content (AvgIpc) is 3.13. The normalized spacial score (nSPS) is 22.6. The maximum absolute atomic E-state index is 4.20. The molecular weight excluding hydrogens is 264 g/mol. The number of rotatable bonds is 7. The lowest BCUT2D eigenvalue weighted by molar-refractivity contribution is 0.455. The molecule has 1 aromatic heterocycles. The Morgan fingerprint density at radius 1 is 1.35 bits per heavy atom. The lowest BCUT2D eigenvalue weighted by Crippen LogP contribution is -2.34. The second-order valence-corrected chi connectivity index (χ2v) is 6.62. The summed E-state index contributed by atoms with van der Waals surface area (Å²) >= 11 is 1.78. The highest BCUT2D eigenvalue weighted by Gasteiger charge is 2.43. The molecule has 106 valence electrons. The van der Waals surface area contributed by atoms with Crippen LogP contribution in [-0.2, 0) is 6.42 Å². The third-order valence-electron chi connectivity index (χ3n) is 4.15. The number of aromatic nitrogens is 1. The van der Waals surface area contributed by atoms with Crippen molar-refractivity contribution in [3.63, 3.8) is 0 Å². The maximum atomic E-state index is 4.20. The van der Waals surface area contributed by atoms with E-state index >= 15 is 0 Å². The van der Waals surface area contributed by atoms with Crippen molar-refractivity contribution in [3.8, 4) is 0 Å². The molecule has 20 heavy (non-hydrogen) atoms. The van der Waals surface area contributed by atoms with Crippen molar-refractivity contribution in [3.05, 3.63) is 52.5 Å². The molecular formula is C17H22N2S. The Kier molecular flexibility index (Phi) is 4.48. The zero-order valence-electron chi connectivity index (χ0n) is 12.0. The van der Waals surface area contributed by atoms with Crippen LogP contribution in [0.4, 0.5) is 0 Å². The predicted molar refractivity (Wildman–Crippen MR) is 85.2 cm³/mol. The maximum Gasteiger partial charge on any atom is 0.0794 e. The van der Waals surface area contributed by atoms with Gasteiger partial charge in [0.1, 0.15) is 0 Å². The molecule has 0 aliphatic heterocycles. The zero-order chi connectivity index (χ0) is 13.8. The second-order valence-electron chi connectivity index (χ2n) is 5.65. The van der Waals surface area contributed by atoms with Crippen LogP contribution >= 0.6 is 11.3 Å². The molecule has 3 rings (SSSR count). The minimum atomic E-state index is 0.598. The first-order valence-corrected chi connectivity index (χ1v) is 8.42. The number of hydrogen-bond acceptors (Lipinski definition) is 3. The van der Waals surface area contributed by atoms with Gasteiger partial charge in [0.05, 0.1) is 5.51 Å². The van der Waals surface area contributed by atoms with Crippen molar-refractivity contribution in [2.45, 2.75) is 38.1 Å². The lowest BCUT2D eigenvalue weighted by Gasteiger charge is -2.18. The molecule has 3 atom stereocenters. The highest BCUT2D eigenvalue weighted by Crippen LogP contribution is 2.50. The third-order valence-corrected chi connectivity index (χ3v) is 4.95. The molecule has 3 unspecified atom stereocenters. The van der Waals surface area contributed by atoms with Gasteiger partial charge in [-0.15, -0.1) is 11.3 Å². The second kappa shape index (κ2) is 6.51. The summed E-state index contributed by atoms with van der Waals surface area (Å²) in [7, 11) is 0. The van der Waals surface area contributed by atoms with Crippen molar-refractivity contribution in [1.82, 2.24) is 10.3 Å². The molecule has 3 heteroatoms. The van der Waals surface area contributed by atoms with Crippen LogP contribution in [0.1, 0.15) is 36.1 Å². The Morgan fingerprint density at radius 3 is 2.90 bits per heavy atom. The van der Waals surface area contributed by atoms with E-state index < -0.39 is 0 Å². The summed E-state index contributed by atoms with van der Waals surface area (Å²) in [6.45, 7) is 3.35. The highest BCUT2D eigenvalue weighted by molar-refractivity contribution is 7.09. The van der Waals surface area contributed by atoms with Crippen molar-refractivity contribution in [1.29, 1.82) is 0 Å². The number of thiazole rings is 1. The fourth-order valence-corrected chi connectivity index (χ4v) is 3.66. The minimum Gasteiger partial charge on any atom is -0.313 e. The van der Waals surface area contributed by atoms with Gasteiger partial charge in [-0.25, -0.2) is 0 Å². The molecule has 1 aliphatic rings. The standard InChI is InChI=1S/C17H22N2S/c1-2-8-19-17(9-14-11-18-12-20-14)16-10-15(16)13-6-4-3-5-7-13/h3-7,11-12,15-17,19H,2,8-10H2,1H3. The van der Waals surface area contributed by atoms with E-state index in [1.807, 2.05) is 11.7 Å². The van der Waals surface area contributed by atoms with E-state index in [9.17, 15) is 0 Å². The molecule has 0 spiro atoms. The van der Waals surface area contributed by atoms with Crippen LogP contribution in [0.3, 0.4) is 0 Å². The van der Waals surface area contributed by atoms with Gasteiger partial charge in [-0.1, -0.05) is 37.3 Å². The van der Waals surface area contributed by atoms with Crippen molar-refractivity contribution in [2.24, 2.45) is 5.92 Å². The Labute approximate surface area is 125 Å². The molecule has 0 bridgehead atoms. The Balaban J connectivity index is 1.65. The van der Waals surface area contributed by atoms with Gasteiger partial charge >= 0.3 is 0 Å². The van der Waals surface area contributed by atoms with Gasteiger partial charge in [-0.3, -0.25) is 4.98 Å². The zero-order valence-corrected chi connectivity index (χ0v) is 12.8. The summed E-state index contributed by atoms with van der Waals surface area (Å²) in [4.78, 5) is 5.60. The van der Waals surface area contributed by atoms with Crippen LogP contribution in [-0.4, -0.2) is 17.6 Å². The van der Waals surface area contributed by atoms with Gasteiger partial charge in [0.15, 0.2) is 0 Å². The van der Waals surface area contributed by atoms with Gasteiger partial charge < -0.3 is 5.32 Å². The van der Waals surface area contributed by atoms with Crippen molar-refractivity contribution < 1.29 is 0 Å². The first kappa shape index (κ1) is 13.8. The summed E-state index contributed by atoms with van der Waals surface area (Å²) in [6.07, 6.45) is 5.66. The molecule has 2 nitrogen and oxygen atoms in total. The van der Waals surface area contributed by atoms with E-state index in [-0.39, 0.29) is 0 Å². The first-order chi connectivity index (χ1) is 9.88. The highest BCUT2D eigenvalue weighted by atomic mass is 32.1. The van der Waals surface area contributed by atoms with E-state index in [1.165, 1.54) is 23.3 Å². The topological polar surface area (TPSA) is 24.9 Å². The summed E-state index contributed by atoms with van der Waals surface area (Å²) in [5.74, 6) is 1.53. The van der Waals surface area contributed by atoms with Crippen molar-refractivity contribution in [2.75, 3.05) is 6.54 Å². The fraction of sp³-hybridized carbons (Fsp3) is 0.471. The van der Waals surface area contributed by atoms with Gasteiger partial charge in [0, 0.05) is 17.1 Å². The average molecular weight is 286 g/mol. The monoisotopic (exact) mass is 286 g/mol. The smallest absolute Gasteiger partial charge is 0.0794 e. The molecule has 1 aliphatic carbocycles. The van der Waals surface area contributed by atoms with E-state index in [0.29, 0.717) is 6.04 Å². The summed E-state index contributed by atoms with van der Waals surface area (Å²) in [5, 5.41) is 3.75. The van der Waals surface area contributed by atoms with Crippen LogP contribution in [0.2, 0.25) is 0 Å². The van der Waals surface area contributed by atoms with E-state index in [2.05, 4.69) is 47.6 Å². The van der Waals surface area contributed by atoms with Gasteiger partial charge in [-0.05, 0) is 43.2 Å². The van der Waals surface area contributed by atoms with Crippen LogP contribution in [0.5, 0.6) is 0 Å². The summed E-state index contributed by atoms with van der Waals surface area (Å²) in [5.41, 5.74) is 3.44. The first-order valence-electron chi connectivity index (χ1n) is 7.54. The van der Waals surface area contributed by atoms with Crippen LogP contribution < -0.4 is 5.32 Å². The molecule has 1 N–H and O–H groups in total. The van der Waals surface area contributed by atoms with Gasteiger partial charge in [0.25, 0.3) is 0 Å². The van der Waals surface area contributed by atoms with Gasteiger partial charge in [0.2, 0.25) is 0 Å². The van der Waals surface area contributed by atoms with Crippen LogP contribution in [0.25, 0.3) is 0 Å². The molecule has 0 saturated heterocycles. The van der Waals surface area contributed by atoms with Crippen molar-refractivity contribution >= 4 is 11.3 Å². The number of benzene rings is 1. The van der Waals surface area contributed by atoms with Crippen LogP contribution in [0.15, 0.2) is 42.0 Å².